The Labute approximate surface area is 164 Å². The molecule has 0 aliphatic carbocycles. The standard InChI is InChI=1S/C22H22N4O2/c1-15-14-20(26-13-7-9-16-8-3-6-12-19(16)26)25-22(23-15)24-18-11-5-4-10-17(18)21(27)28-2/h3-6,8,10-12,14H,7,9,13H2,1-2H3,(H,23,24,25). The summed E-state index contributed by atoms with van der Waals surface area (Å²) >= 11 is 0. The van der Waals surface area contributed by atoms with E-state index in [1.165, 1.54) is 18.4 Å². The van der Waals surface area contributed by atoms with E-state index in [9.17, 15) is 4.79 Å². The van der Waals surface area contributed by atoms with E-state index in [4.69, 9.17) is 9.72 Å². The Kier molecular flexibility index (Phi) is 4.93. The first kappa shape index (κ1) is 18.0. The Hall–Kier alpha value is -3.41. The quantitative estimate of drug-likeness (QED) is 0.683. The Morgan fingerprint density at radius 3 is 2.75 bits per heavy atom. The molecule has 0 fully saturated rings. The van der Waals surface area contributed by atoms with Crippen LogP contribution in [0.4, 0.5) is 23.1 Å². The number of esters is 1. The van der Waals surface area contributed by atoms with Gasteiger partial charge in [0.1, 0.15) is 5.82 Å². The number of methoxy groups -OCH3 is 1. The summed E-state index contributed by atoms with van der Waals surface area (Å²) in [6.45, 7) is 2.85. The number of nitrogens with zero attached hydrogens (tertiary/aromatic N) is 3. The lowest BCUT2D eigenvalue weighted by atomic mass is 10.0. The largest absolute Gasteiger partial charge is 0.465 e. The van der Waals surface area contributed by atoms with Gasteiger partial charge in [-0.2, -0.15) is 4.98 Å². The number of carbonyl (C=O) groups is 1. The van der Waals surface area contributed by atoms with Crippen LogP contribution in [0.2, 0.25) is 0 Å². The molecule has 0 atom stereocenters. The van der Waals surface area contributed by atoms with Crippen LogP contribution >= 0.6 is 0 Å². The van der Waals surface area contributed by atoms with Crippen LogP contribution < -0.4 is 10.2 Å². The van der Waals surface area contributed by atoms with Crippen LogP contribution in [0.15, 0.2) is 54.6 Å². The third-order valence-corrected chi connectivity index (χ3v) is 4.81. The lowest BCUT2D eigenvalue weighted by molar-refractivity contribution is 0.0602. The van der Waals surface area contributed by atoms with Crippen molar-refractivity contribution in [3.8, 4) is 0 Å². The predicted molar refractivity (Wildman–Crippen MR) is 110 cm³/mol. The van der Waals surface area contributed by atoms with Crippen LogP contribution in [-0.2, 0) is 11.2 Å². The fraction of sp³-hybridized carbons (Fsp3) is 0.227. The summed E-state index contributed by atoms with van der Waals surface area (Å²) in [7, 11) is 1.37. The molecule has 0 bridgehead atoms. The molecular weight excluding hydrogens is 352 g/mol. The molecule has 0 amide bonds. The minimum absolute atomic E-state index is 0.402. The maximum absolute atomic E-state index is 12.0. The highest BCUT2D eigenvalue weighted by Crippen LogP contribution is 2.33. The molecule has 0 saturated carbocycles. The summed E-state index contributed by atoms with van der Waals surface area (Å²) in [6, 6.07) is 17.6. The summed E-state index contributed by atoms with van der Waals surface area (Å²) < 4.78 is 4.87. The molecule has 0 saturated heterocycles. The molecule has 0 unspecified atom stereocenters. The molecule has 0 spiro atoms. The zero-order chi connectivity index (χ0) is 19.5. The molecule has 28 heavy (non-hydrogen) atoms. The van der Waals surface area contributed by atoms with Gasteiger partial charge in [0.05, 0.1) is 18.4 Å². The average Bonchev–Trinajstić information content (AvgIpc) is 2.72. The molecule has 1 aliphatic heterocycles. The van der Waals surface area contributed by atoms with E-state index in [1.54, 1.807) is 12.1 Å². The maximum Gasteiger partial charge on any atom is 0.339 e. The highest BCUT2D eigenvalue weighted by atomic mass is 16.5. The van der Waals surface area contributed by atoms with Gasteiger partial charge in [-0.1, -0.05) is 30.3 Å². The molecule has 1 N–H and O–H groups in total. The van der Waals surface area contributed by atoms with Gasteiger partial charge in [0.15, 0.2) is 0 Å². The topological polar surface area (TPSA) is 67.3 Å². The number of hydrogen-bond donors (Lipinski definition) is 1. The van der Waals surface area contributed by atoms with Gasteiger partial charge in [0.2, 0.25) is 5.95 Å². The lowest BCUT2D eigenvalue weighted by Crippen LogP contribution is -2.25. The summed E-state index contributed by atoms with van der Waals surface area (Å²) in [5.41, 5.74) is 4.43. The third-order valence-electron chi connectivity index (χ3n) is 4.81. The van der Waals surface area contributed by atoms with Crippen LogP contribution in [0.5, 0.6) is 0 Å². The number of nitrogens with one attached hydrogen (secondary N) is 1. The smallest absolute Gasteiger partial charge is 0.339 e. The SMILES string of the molecule is COC(=O)c1ccccc1Nc1nc(C)cc(N2CCCc3ccccc32)n1. The van der Waals surface area contributed by atoms with Gasteiger partial charge in [-0.05, 0) is 43.5 Å². The minimum Gasteiger partial charge on any atom is -0.465 e. The number of carbonyl (C=O) groups excluding carboxylic acids is 1. The lowest BCUT2D eigenvalue weighted by Gasteiger charge is -2.30. The molecule has 6 nitrogen and oxygen atoms in total. The zero-order valence-electron chi connectivity index (χ0n) is 16.0. The number of benzene rings is 2. The predicted octanol–water partition coefficient (Wildman–Crippen LogP) is 4.40. The Bertz CT molecular complexity index is 1020. The van der Waals surface area contributed by atoms with Crippen LogP contribution in [0.25, 0.3) is 0 Å². The summed E-state index contributed by atoms with van der Waals surface area (Å²) in [5, 5.41) is 3.18. The van der Waals surface area contributed by atoms with E-state index in [0.29, 0.717) is 17.2 Å². The van der Waals surface area contributed by atoms with E-state index in [1.807, 2.05) is 25.1 Å². The fourth-order valence-corrected chi connectivity index (χ4v) is 3.52. The molecule has 1 aliphatic rings. The molecule has 2 aromatic carbocycles. The number of rotatable bonds is 4. The molecule has 3 aromatic rings. The van der Waals surface area contributed by atoms with Crippen LogP contribution in [0.1, 0.15) is 28.0 Å². The average molecular weight is 374 g/mol. The normalized spacial score (nSPS) is 13.0. The van der Waals surface area contributed by atoms with Crippen LogP contribution in [0.3, 0.4) is 0 Å². The molecule has 4 rings (SSSR count). The number of fused-ring (bicyclic) bond motifs is 1. The molecule has 2 heterocycles. The summed E-state index contributed by atoms with van der Waals surface area (Å²) in [5.74, 6) is 0.896. The molecule has 1 aromatic heterocycles. The van der Waals surface area contributed by atoms with Crippen molar-refractivity contribution in [2.24, 2.45) is 0 Å². The number of ether oxygens (including phenoxy) is 1. The molecule has 6 heteroatoms. The van der Waals surface area contributed by atoms with Gasteiger partial charge in [-0.25, -0.2) is 9.78 Å². The number of aromatic nitrogens is 2. The molecular formula is C22H22N4O2. The first-order valence-electron chi connectivity index (χ1n) is 9.31. The molecule has 0 radical (unpaired) electrons. The van der Waals surface area contributed by atoms with E-state index < -0.39 is 5.97 Å². The van der Waals surface area contributed by atoms with Gasteiger partial charge in [0.25, 0.3) is 0 Å². The van der Waals surface area contributed by atoms with Gasteiger partial charge in [-0.15, -0.1) is 0 Å². The fourth-order valence-electron chi connectivity index (χ4n) is 3.52. The van der Waals surface area contributed by atoms with Gasteiger partial charge < -0.3 is 15.0 Å². The minimum atomic E-state index is -0.402. The second kappa shape index (κ2) is 7.68. The van der Waals surface area contributed by atoms with Crippen molar-refractivity contribution < 1.29 is 9.53 Å². The Balaban J connectivity index is 1.69. The van der Waals surface area contributed by atoms with Crippen LogP contribution in [0, 0.1) is 6.92 Å². The summed E-state index contributed by atoms with van der Waals surface area (Å²) in [4.78, 5) is 23.5. The third kappa shape index (κ3) is 3.53. The zero-order valence-corrected chi connectivity index (χ0v) is 16.0. The van der Waals surface area contributed by atoms with E-state index in [2.05, 4.69) is 39.5 Å². The Morgan fingerprint density at radius 2 is 1.89 bits per heavy atom. The second-order valence-corrected chi connectivity index (χ2v) is 6.74. The number of aryl methyl sites for hydroxylation is 2. The van der Waals surface area contributed by atoms with E-state index in [0.717, 1.165) is 30.9 Å². The van der Waals surface area contributed by atoms with Crippen molar-refractivity contribution in [1.29, 1.82) is 0 Å². The highest BCUT2D eigenvalue weighted by Gasteiger charge is 2.20. The maximum atomic E-state index is 12.0. The van der Waals surface area contributed by atoms with Crippen molar-refractivity contribution in [1.82, 2.24) is 9.97 Å². The van der Waals surface area contributed by atoms with Crippen molar-refractivity contribution in [2.45, 2.75) is 19.8 Å². The van der Waals surface area contributed by atoms with Gasteiger partial charge in [-0.3, -0.25) is 0 Å². The van der Waals surface area contributed by atoms with Crippen molar-refractivity contribution in [2.75, 3.05) is 23.9 Å². The van der Waals surface area contributed by atoms with Gasteiger partial charge >= 0.3 is 5.97 Å². The van der Waals surface area contributed by atoms with Crippen molar-refractivity contribution in [3.63, 3.8) is 0 Å². The highest BCUT2D eigenvalue weighted by molar-refractivity contribution is 5.96. The Morgan fingerprint density at radius 1 is 1.11 bits per heavy atom. The monoisotopic (exact) mass is 374 g/mol. The van der Waals surface area contributed by atoms with E-state index in [-0.39, 0.29) is 0 Å². The van der Waals surface area contributed by atoms with Gasteiger partial charge in [0, 0.05) is 24.0 Å². The number of para-hydroxylation sites is 2. The first-order chi connectivity index (χ1) is 13.7. The van der Waals surface area contributed by atoms with Crippen molar-refractivity contribution in [3.05, 3.63) is 71.4 Å². The summed E-state index contributed by atoms with van der Waals surface area (Å²) in [6.07, 6.45) is 2.16. The first-order valence-corrected chi connectivity index (χ1v) is 9.31. The second-order valence-electron chi connectivity index (χ2n) is 6.74. The molecule has 142 valence electrons. The van der Waals surface area contributed by atoms with E-state index >= 15 is 0 Å². The van der Waals surface area contributed by atoms with Crippen molar-refractivity contribution >= 4 is 29.1 Å². The van der Waals surface area contributed by atoms with Crippen LogP contribution in [-0.4, -0.2) is 29.6 Å². The number of anilines is 4. The number of hydrogen-bond acceptors (Lipinski definition) is 6.